The number of pyridine rings is 2. The molecule has 6 aromatic rings. The predicted octanol–water partition coefficient (Wildman–Crippen LogP) is 5.37. The number of methoxy groups -OCH3 is 2. The number of anilines is 1. The number of rotatable bonds is 12. The summed E-state index contributed by atoms with van der Waals surface area (Å²) in [6, 6.07) is 22.7. The van der Waals surface area contributed by atoms with Crippen molar-refractivity contribution in [1.29, 1.82) is 0 Å². The number of hydrogen-bond donors (Lipinski definition) is 2. The molecule has 0 saturated carbocycles. The van der Waals surface area contributed by atoms with Crippen LogP contribution < -0.4 is 20.5 Å². The molecule has 1 aliphatic rings. The standard InChI is InChI=1S/C36H39N9O2/c1-38-16-5-19-43(23-25-8-11-27(46-2)22-32(25)47-3)31-14-9-24-21-26(10-12-28(24)31)45-35(29-7-4-17-39-34(29)37)41-30-13-15-33(42-36(30)45)44-20-6-18-40-44/h4,6-8,10-13,15,17-18,20-22,31,38H,5,9,14,16,19,23H2,1-3H3,(H2,37,39). The molecule has 1 unspecified atom stereocenters. The van der Waals surface area contributed by atoms with E-state index in [1.165, 1.54) is 11.1 Å². The van der Waals surface area contributed by atoms with Gasteiger partial charge in [0.05, 0.1) is 19.8 Å². The van der Waals surface area contributed by atoms with Gasteiger partial charge in [0.15, 0.2) is 17.3 Å². The molecule has 0 saturated heterocycles. The Kier molecular flexibility index (Phi) is 8.56. The van der Waals surface area contributed by atoms with Gasteiger partial charge in [-0.15, -0.1) is 0 Å². The number of nitrogens with one attached hydrogen (secondary N) is 1. The summed E-state index contributed by atoms with van der Waals surface area (Å²) in [6.45, 7) is 2.69. The third kappa shape index (κ3) is 5.91. The average Bonchev–Trinajstić information content (AvgIpc) is 3.87. The summed E-state index contributed by atoms with van der Waals surface area (Å²) in [4.78, 5) is 17.0. The number of nitrogen functional groups attached to an aromatic ring is 1. The minimum atomic E-state index is 0.278. The average molecular weight is 630 g/mol. The summed E-state index contributed by atoms with van der Waals surface area (Å²) in [5.41, 5.74) is 13.4. The number of benzene rings is 2. The maximum Gasteiger partial charge on any atom is 0.167 e. The first-order chi connectivity index (χ1) is 23.1. The third-order valence-corrected chi connectivity index (χ3v) is 8.92. The second kappa shape index (κ2) is 13.2. The molecule has 0 amide bonds. The van der Waals surface area contributed by atoms with Gasteiger partial charge in [0.25, 0.3) is 0 Å². The van der Waals surface area contributed by atoms with E-state index in [-0.39, 0.29) is 6.04 Å². The monoisotopic (exact) mass is 629 g/mol. The smallest absolute Gasteiger partial charge is 0.167 e. The van der Waals surface area contributed by atoms with E-state index in [9.17, 15) is 0 Å². The molecule has 1 atom stereocenters. The maximum absolute atomic E-state index is 6.40. The molecule has 0 radical (unpaired) electrons. The molecular weight excluding hydrogens is 590 g/mol. The van der Waals surface area contributed by atoms with Crippen LogP contribution in [-0.2, 0) is 13.0 Å². The van der Waals surface area contributed by atoms with Gasteiger partial charge in [0.1, 0.15) is 22.8 Å². The van der Waals surface area contributed by atoms with Crippen molar-refractivity contribution in [2.45, 2.75) is 31.8 Å². The van der Waals surface area contributed by atoms with Crippen LogP contribution in [0.2, 0.25) is 0 Å². The van der Waals surface area contributed by atoms with Crippen LogP contribution in [0.1, 0.15) is 35.6 Å². The Morgan fingerprint density at radius 3 is 2.70 bits per heavy atom. The molecule has 11 nitrogen and oxygen atoms in total. The normalized spacial score (nSPS) is 14.2. The lowest BCUT2D eigenvalue weighted by molar-refractivity contribution is 0.183. The van der Waals surface area contributed by atoms with Gasteiger partial charge in [0.2, 0.25) is 0 Å². The second-order valence-corrected chi connectivity index (χ2v) is 11.7. The molecular formula is C36H39N9O2. The Morgan fingerprint density at radius 2 is 1.91 bits per heavy atom. The lowest BCUT2D eigenvalue weighted by Crippen LogP contribution is -2.30. The highest BCUT2D eigenvalue weighted by atomic mass is 16.5. The van der Waals surface area contributed by atoms with Crippen molar-refractivity contribution in [1.82, 2.24) is 39.5 Å². The van der Waals surface area contributed by atoms with Crippen molar-refractivity contribution in [3.63, 3.8) is 0 Å². The van der Waals surface area contributed by atoms with Crippen LogP contribution in [0.15, 0.2) is 85.3 Å². The second-order valence-electron chi connectivity index (χ2n) is 11.7. The first kappa shape index (κ1) is 30.4. The van der Waals surface area contributed by atoms with Crippen molar-refractivity contribution in [3.05, 3.63) is 102 Å². The number of nitrogens with two attached hydrogens (primary N) is 1. The molecule has 0 aliphatic heterocycles. The number of aromatic nitrogens is 6. The van der Waals surface area contributed by atoms with E-state index in [4.69, 9.17) is 25.2 Å². The zero-order valence-electron chi connectivity index (χ0n) is 26.9. The summed E-state index contributed by atoms with van der Waals surface area (Å²) in [5.74, 6) is 3.46. The van der Waals surface area contributed by atoms with E-state index in [1.54, 1.807) is 31.3 Å². The topological polar surface area (TPSA) is 121 Å². The van der Waals surface area contributed by atoms with Crippen LogP contribution in [0.5, 0.6) is 11.5 Å². The number of ether oxygens (including phenoxy) is 2. The van der Waals surface area contributed by atoms with E-state index in [0.29, 0.717) is 17.5 Å². The summed E-state index contributed by atoms with van der Waals surface area (Å²) >= 11 is 0. The summed E-state index contributed by atoms with van der Waals surface area (Å²) < 4.78 is 15.1. The molecule has 1 aliphatic carbocycles. The van der Waals surface area contributed by atoms with E-state index in [2.05, 4.69) is 49.1 Å². The molecule has 7 rings (SSSR count). The van der Waals surface area contributed by atoms with Crippen LogP contribution in [0.4, 0.5) is 5.82 Å². The molecule has 0 fully saturated rings. The fourth-order valence-electron chi connectivity index (χ4n) is 6.62. The number of aryl methyl sites for hydroxylation is 1. The Hall–Kier alpha value is -5.26. The van der Waals surface area contributed by atoms with Crippen molar-refractivity contribution in [2.24, 2.45) is 0 Å². The summed E-state index contributed by atoms with van der Waals surface area (Å²) in [7, 11) is 5.40. The lowest BCUT2D eigenvalue weighted by Gasteiger charge is -2.30. The van der Waals surface area contributed by atoms with Crippen LogP contribution >= 0.6 is 0 Å². The van der Waals surface area contributed by atoms with Crippen LogP contribution in [-0.4, -0.2) is 68.6 Å². The Balaban J connectivity index is 1.29. The fourth-order valence-corrected chi connectivity index (χ4v) is 6.62. The van der Waals surface area contributed by atoms with Gasteiger partial charge in [-0.1, -0.05) is 12.1 Å². The van der Waals surface area contributed by atoms with E-state index < -0.39 is 0 Å². The molecule has 11 heteroatoms. The molecule has 240 valence electrons. The van der Waals surface area contributed by atoms with Crippen molar-refractivity contribution in [2.75, 3.05) is 40.1 Å². The first-order valence-electron chi connectivity index (χ1n) is 15.9. The van der Waals surface area contributed by atoms with Crippen molar-refractivity contribution >= 4 is 17.0 Å². The zero-order valence-corrected chi connectivity index (χ0v) is 26.9. The predicted molar refractivity (Wildman–Crippen MR) is 183 cm³/mol. The van der Waals surface area contributed by atoms with Crippen molar-refractivity contribution < 1.29 is 9.47 Å². The Labute approximate surface area is 274 Å². The maximum atomic E-state index is 6.40. The molecule has 3 N–H and O–H groups in total. The molecule has 4 aromatic heterocycles. The number of fused-ring (bicyclic) bond motifs is 2. The van der Waals surface area contributed by atoms with E-state index in [1.807, 2.05) is 55.7 Å². The van der Waals surface area contributed by atoms with Gasteiger partial charge in [-0.25, -0.2) is 19.6 Å². The highest BCUT2D eigenvalue weighted by molar-refractivity contribution is 5.83. The van der Waals surface area contributed by atoms with Gasteiger partial charge in [-0.3, -0.25) is 9.47 Å². The van der Waals surface area contributed by atoms with Gasteiger partial charge in [0, 0.05) is 55.0 Å². The number of hydrogen-bond acceptors (Lipinski definition) is 9. The molecule has 47 heavy (non-hydrogen) atoms. The molecule has 0 spiro atoms. The van der Waals surface area contributed by atoms with E-state index >= 15 is 0 Å². The van der Waals surface area contributed by atoms with Crippen LogP contribution in [0.25, 0.3) is 34.1 Å². The van der Waals surface area contributed by atoms with Gasteiger partial charge in [-0.2, -0.15) is 5.10 Å². The van der Waals surface area contributed by atoms with Gasteiger partial charge < -0.3 is 20.5 Å². The SMILES string of the molecule is CNCCCN(Cc1ccc(OC)cc1OC)C1CCc2cc(-n3c(-c4cccnc4N)nc4ccc(-n5cccn5)nc43)ccc21. The number of nitrogens with zero attached hydrogens (tertiary/aromatic N) is 7. The highest BCUT2D eigenvalue weighted by Gasteiger charge is 2.30. The third-order valence-electron chi connectivity index (χ3n) is 8.92. The molecule has 4 heterocycles. The number of imidazole rings is 1. The summed E-state index contributed by atoms with van der Waals surface area (Å²) in [6.07, 6.45) is 8.37. The zero-order chi connectivity index (χ0) is 32.3. The van der Waals surface area contributed by atoms with Gasteiger partial charge in [-0.05, 0) is 92.5 Å². The quantitative estimate of drug-likeness (QED) is 0.172. The van der Waals surface area contributed by atoms with E-state index in [0.717, 1.165) is 78.4 Å². The summed E-state index contributed by atoms with van der Waals surface area (Å²) in [5, 5.41) is 7.70. The molecule has 2 aromatic carbocycles. The lowest BCUT2D eigenvalue weighted by atomic mass is 10.0. The Morgan fingerprint density at radius 1 is 1.00 bits per heavy atom. The Bertz CT molecular complexity index is 2000. The minimum Gasteiger partial charge on any atom is -0.497 e. The van der Waals surface area contributed by atoms with Gasteiger partial charge >= 0.3 is 0 Å². The molecule has 0 bridgehead atoms. The largest absolute Gasteiger partial charge is 0.497 e. The van der Waals surface area contributed by atoms with Crippen LogP contribution in [0.3, 0.4) is 0 Å². The highest BCUT2D eigenvalue weighted by Crippen LogP contribution is 2.40. The van der Waals surface area contributed by atoms with Crippen molar-refractivity contribution in [3.8, 4) is 34.4 Å². The first-order valence-corrected chi connectivity index (χ1v) is 15.9. The minimum absolute atomic E-state index is 0.278. The fraction of sp³-hybridized carbons (Fsp3) is 0.278. The van der Waals surface area contributed by atoms with Crippen LogP contribution in [0, 0.1) is 0 Å².